The molecule has 1 atom stereocenters. The van der Waals surface area contributed by atoms with Crippen molar-refractivity contribution < 1.29 is 14.3 Å². The molecule has 1 unspecified atom stereocenters. The van der Waals surface area contributed by atoms with Crippen molar-refractivity contribution in [1.82, 2.24) is 0 Å². The van der Waals surface area contributed by atoms with Crippen LogP contribution in [0.2, 0.25) is 0 Å². The average Bonchev–Trinajstić information content (AvgIpc) is 3.03. The molecule has 0 amide bonds. The second kappa shape index (κ2) is 3.74. The summed E-state index contributed by atoms with van der Waals surface area (Å²) in [5.74, 6) is -0.999. The Morgan fingerprint density at radius 3 is 2.80 bits per heavy atom. The highest BCUT2D eigenvalue weighted by Gasteiger charge is 2.35. The summed E-state index contributed by atoms with van der Waals surface area (Å²) in [6, 6.07) is 4.36. The van der Waals surface area contributed by atoms with Crippen LogP contribution in [0.5, 0.6) is 0 Å². The lowest BCUT2D eigenvalue weighted by Gasteiger charge is -2.09. The summed E-state index contributed by atoms with van der Waals surface area (Å²) in [7, 11) is 0. The van der Waals surface area contributed by atoms with Gasteiger partial charge in [0.15, 0.2) is 5.78 Å². The molecule has 0 aliphatic heterocycles. The number of aliphatic hydroxyl groups is 1. The third-order valence-electron chi connectivity index (χ3n) is 2.72. The first-order valence-electron chi connectivity index (χ1n) is 5.08. The Labute approximate surface area is 87.7 Å². The molecule has 0 saturated heterocycles. The van der Waals surface area contributed by atoms with Gasteiger partial charge in [0.1, 0.15) is 11.9 Å². The molecule has 0 bridgehead atoms. The maximum atomic E-state index is 13.3. The van der Waals surface area contributed by atoms with Gasteiger partial charge in [-0.15, -0.1) is 0 Å². The second-order valence-corrected chi connectivity index (χ2v) is 4.13. The number of carbonyl (C=O) groups is 1. The summed E-state index contributed by atoms with van der Waals surface area (Å²) in [5.41, 5.74) is 0.831. The number of aliphatic hydroxyl groups excluding tert-OH is 1. The van der Waals surface area contributed by atoms with Crippen LogP contribution in [-0.4, -0.2) is 17.0 Å². The van der Waals surface area contributed by atoms with E-state index in [0.717, 1.165) is 18.4 Å². The maximum absolute atomic E-state index is 13.3. The van der Waals surface area contributed by atoms with E-state index in [1.165, 1.54) is 12.1 Å². The van der Waals surface area contributed by atoms with E-state index in [0.29, 0.717) is 0 Å². The zero-order valence-electron chi connectivity index (χ0n) is 8.53. The fourth-order valence-corrected chi connectivity index (χ4v) is 1.61. The first kappa shape index (κ1) is 10.3. The number of ketones is 1. The molecular weight excluding hydrogens is 195 g/mol. The van der Waals surface area contributed by atoms with Crippen LogP contribution in [0.25, 0.3) is 0 Å². The van der Waals surface area contributed by atoms with Crippen LogP contribution in [0.3, 0.4) is 0 Å². The van der Waals surface area contributed by atoms with E-state index in [1.54, 1.807) is 13.0 Å². The minimum absolute atomic E-state index is 0.00870. The number of halogens is 1. The molecule has 2 rings (SSSR count). The number of hydrogen-bond acceptors (Lipinski definition) is 2. The van der Waals surface area contributed by atoms with Crippen LogP contribution in [0.15, 0.2) is 18.2 Å². The Balaban J connectivity index is 2.27. The topological polar surface area (TPSA) is 37.3 Å². The quantitative estimate of drug-likeness (QED) is 0.772. The normalized spacial score (nSPS) is 17.5. The third kappa shape index (κ3) is 2.07. The van der Waals surface area contributed by atoms with Gasteiger partial charge in [-0.2, -0.15) is 0 Å². The molecule has 1 aromatic carbocycles. The molecule has 1 fully saturated rings. The monoisotopic (exact) mass is 208 g/mol. The molecule has 2 nitrogen and oxygen atoms in total. The molecule has 15 heavy (non-hydrogen) atoms. The summed E-state index contributed by atoms with van der Waals surface area (Å²) in [4.78, 5) is 11.7. The fraction of sp³-hybridized carbons (Fsp3) is 0.417. The van der Waals surface area contributed by atoms with Crippen molar-refractivity contribution in [3.63, 3.8) is 0 Å². The van der Waals surface area contributed by atoms with Gasteiger partial charge < -0.3 is 5.11 Å². The zero-order valence-corrected chi connectivity index (χ0v) is 8.53. The molecule has 3 heteroatoms. The van der Waals surface area contributed by atoms with Gasteiger partial charge in [-0.25, -0.2) is 4.39 Å². The van der Waals surface area contributed by atoms with Crippen molar-refractivity contribution >= 4 is 5.78 Å². The number of carbonyl (C=O) groups excluding carboxylic acids is 1. The number of benzene rings is 1. The maximum Gasteiger partial charge on any atom is 0.194 e. The van der Waals surface area contributed by atoms with Gasteiger partial charge in [0, 0.05) is 0 Å². The molecule has 80 valence electrons. The minimum Gasteiger partial charge on any atom is -0.385 e. The van der Waals surface area contributed by atoms with Crippen molar-refractivity contribution in [2.75, 3.05) is 0 Å². The Bertz CT molecular complexity index is 397. The van der Waals surface area contributed by atoms with Crippen molar-refractivity contribution in [3.05, 3.63) is 35.1 Å². The predicted octanol–water partition coefficient (Wildman–Crippen LogP) is 2.09. The van der Waals surface area contributed by atoms with Crippen LogP contribution in [0.1, 0.15) is 28.8 Å². The highest BCUT2D eigenvalue weighted by atomic mass is 19.1. The summed E-state index contributed by atoms with van der Waals surface area (Å²) < 4.78 is 13.3. The Kier molecular flexibility index (Phi) is 2.57. The highest BCUT2D eigenvalue weighted by Crippen LogP contribution is 2.34. The zero-order chi connectivity index (χ0) is 11.0. The van der Waals surface area contributed by atoms with E-state index in [2.05, 4.69) is 0 Å². The third-order valence-corrected chi connectivity index (χ3v) is 2.72. The van der Waals surface area contributed by atoms with Crippen LogP contribution < -0.4 is 0 Å². The molecule has 1 saturated carbocycles. The Morgan fingerprint density at radius 1 is 1.53 bits per heavy atom. The molecule has 1 aliphatic carbocycles. The van der Waals surface area contributed by atoms with Gasteiger partial charge in [0.05, 0.1) is 5.56 Å². The number of rotatable bonds is 3. The first-order chi connectivity index (χ1) is 7.09. The Morgan fingerprint density at radius 2 is 2.20 bits per heavy atom. The van der Waals surface area contributed by atoms with E-state index in [-0.39, 0.29) is 11.5 Å². The SMILES string of the molecule is Cc1ccc(F)c(C(=O)C(O)C2CC2)c1. The van der Waals surface area contributed by atoms with E-state index in [1.807, 2.05) is 0 Å². The van der Waals surface area contributed by atoms with E-state index in [4.69, 9.17) is 0 Å². The minimum atomic E-state index is -1.03. The van der Waals surface area contributed by atoms with Crippen molar-refractivity contribution in [2.45, 2.75) is 25.9 Å². The number of Topliss-reactive ketones (excluding diaryl/α,β-unsaturated/α-hetero) is 1. The second-order valence-electron chi connectivity index (χ2n) is 4.13. The average molecular weight is 208 g/mol. The van der Waals surface area contributed by atoms with Gasteiger partial charge in [0.25, 0.3) is 0 Å². The molecule has 0 spiro atoms. The molecular formula is C12H13FO2. The van der Waals surface area contributed by atoms with Gasteiger partial charge in [0.2, 0.25) is 0 Å². The molecule has 1 N–H and O–H groups in total. The van der Waals surface area contributed by atoms with Gasteiger partial charge in [-0.1, -0.05) is 11.6 Å². The van der Waals surface area contributed by atoms with E-state index in [9.17, 15) is 14.3 Å². The van der Waals surface area contributed by atoms with Crippen LogP contribution in [-0.2, 0) is 0 Å². The lowest BCUT2D eigenvalue weighted by atomic mass is 10.0. The molecule has 1 aromatic rings. The van der Waals surface area contributed by atoms with E-state index < -0.39 is 17.7 Å². The van der Waals surface area contributed by atoms with Gasteiger partial charge in [-0.3, -0.25) is 4.79 Å². The van der Waals surface area contributed by atoms with Crippen LogP contribution in [0, 0.1) is 18.7 Å². The largest absolute Gasteiger partial charge is 0.385 e. The Hall–Kier alpha value is -1.22. The lowest BCUT2D eigenvalue weighted by Crippen LogP contribution is -2.23. The first-order valence-corrected chi connectivity index (χ1v) is 5.08. The number of aryl methyl sites for hydroxylation is 1. The summed E-state index contributed by atoms with van der Waals surface area (Å²) in [5, 5.41) is 9.61. The molecule has 0 heterocycles. The fourth-order valence-electron chi connectivity index (χ4n) is 1.61. The molecule has 0 radical (unpaired) electrons. The van der Waals surface area contributed by atoms with Crippen molar-refractivity contribution in [2.24, 2.45) is 5.92 Å². The van der Waals surface area contributed by atoms with Crippen LogP contribution >= 0.6 is 0 Å². The molecule has 0 aromatic heterocycles. The van der Waals surface area contributed by atoms with Gasteiger partial charge in [-0.05, 0) is 37.8 Å². The summed E-state index contributed by atoms with van der Waals surface area (Å²) >= 11 is 0. The van der Waals surface area contributed by atoms with Crippen molar-refractivity contribution in [3.8, 4) is 0 Å². The van der Waals surface area contributed by atoms with Crippen LogP contribution in [0.4, 0.5) is 4.39 Å². The summed E-state index contributed by atoms with van der Waals surface area (Å²) in [6.07, 6.45) is 0.696. The lowest BCUT2D eigenvalue weighted by molar-refractivity contribution is 0.0699. The predicted molar refractivity (Wildman–Crippen MR) is 54.2 cm³/mol. The van der Waals surface area contributed by atoms with Gasteiger partial charge >= 0.3 is 0 Å². The summed E-state index contributed by atoms with van der Waals surface area (Å²) in [6.45, 7) is 1.79. The standard InChI is InChI=1S/C12H13FO2/c1-7-2-5-10(13)9(6-7)12(15)11(14)8-3-4-8/h2,5-6,8,11,14H,3-4H2,1H3. The highest BCUT2D eigenvalue weighted by molar-refractivity contribution is 6.00. The molecule has 1 aliphatic rings. The van der Waals surface area contributed by atoms with E-state index >= 15 is 0 Å². The van der Waals surface area contributed by atoms with Crippen molar-refractivity contribution in [1.29, 1.82) is 0 Å². The number of hydrogen-bond donors (Lipinski definition) is 1. The smallest absolute Gasteiger partial charge is 0.194 e.